The van der Waals surface area contributed by atoms with E-state index < -0.39 is 0 Å². The van der Waals surface area contributed by atoms with Crippen molar-refractivity contribution < 1.29 is 0 Å². The van der Waals surface area contributed by atoms with E-state index in [0.717, 1.165) is 16.8 Å². The van der Waals surface area contributed by atoms with Crippen LogP contribution < -0.4 is 10.6 Å². The smallest absolute Gasteiger partial charge is 0.0408 e. The largest absolute Gasteiger partial charge is 0.374 e. The fourth-order valence-electron chi connectivity index (χ4n) is 3.11. The molecule has 3 heteroatoms. The minimum Gasteiger partial charge on any atom is -0.374 e. The molecule has 106 valence electrons. The molecule has 1 aromatic carbocycles. The summed E-state index contributed by atoms with van der Waals surface area (Å²) in [5, 5.41) is 0. The molecule has 19 heavy (non-hydrogen) atoms. The lowest BCUT2D eigenvalue weighted by molar-refractivity contribution is 0.362. The van der Waals surface area contributed by atoms with Gasteiger partial charge in [0.05, 0.1) is 0 Å². The third-order valence-electron chi connectivity index (χ3n) is 4.13. The van der Waals surface area contributed by atoms with E-state index in [-0.39, 0.29) is 0 Å². The molecule has 1 fully saturated rings. The summed E-state index contributed by atoms with van der Waals surface area (Å²) >= 11 is 3.58. The molecule has 2 rings (SSSR count). The molecule has 2 N–H and O–H groups in total. The van der Waals surface area contributed by atoms with Crippen LogP contribution in [-0.4, -0.2) is 20.1 Å². The zero-order valence-electron chi connectivity index (χ0n) is 11.9. The first-order valence-electron chi connectivity index (χ1n) is 7.40. The van der Waals surface area contributed by atoms with Crippen molar-refractivity contribution in [1.29, 1.82) is 0 Å². The highest BCUT2D eigenvalue weighted by molar-refractivity contribution is 9.10. The van der Waals surface area contributed by atoms with Gasteiger partial charge >= 0.3 is 0 Å². The molecule has 0 bridgehead atoms. The van der Waals surface area contributed by atoms with Crippen molar-refractivity contribution in [3.05, 3.63) is 28.2 Å². The Hall–Kier alpha value is -0.540. The summed E-state index contributed by atoms with van der Waals surface area (Å²) in [4.78, 5) is 2.42. The number of benzene rings is 1. The van der Waals surface area contributed by atoms with Crippen LogP contribution in [0.2, 0.25) is 0 Å². The molecule has 0 spiro atoms. The Kier molecular flexibility index (Phi) is 5.71. The molecule has 1 saturated carbocycles. The molecule has 0 atom stereocenters. The summed E-state index contributed by atoms with van der Waals surface area (Å²) in [5.41, 5.74) is 8.42. The number of anilines is 1. The third kappa shape index (κ3) is 4.22. The monoisotopic (exact) mass is 324 g/mol. The Morgan fingerprint density at radius 1 is 1.26 bits per heavy atom. The van der Waals surface area contributed by atoms with E-state index in [1.165, 1.54) is 49.9 Å². The SMILES string of the molecule is CN(CC1CCCCC1)c1cc(Br)ccc1CCN. The lowest BCUT2D eigenvalue weighted by atomic mass is 9.89. The van der Waals surface area contributed by atoms with Gasteiger partial charge in [-0.25, -0.2) is 0 Å². The van der Waals surface area contributed by atoms with Gasteiger partial charge in [-0.15, -0.1) is 0 Å². The second kappa shape index (κ2) is 7.30. The molecule has 1 aliphatic rings. The average molecular weight is 325 g/mol. The Morgan fingerprint density at radius 3 is 2.68 bits per heavy atom. The summed E-state index contributed by atoms with van der Waals surface area (Å²) in [5.74, 6) is 0.864. The van der Waals surface area contributed by atoms with Crippen LogP contribution in [0.3, 0.4) is 0 Å². The van der Waals surface area contributed by atoms with Crippen LogP contribution in [-0.2, 0) is 6.42 Å². The van der Waals surface area contributed by atoms with Crippen molar-refractivity contribution in [3.8, 4) is 0 Å². The fourth-order valence-corrected chi connectivity index (χ4v) is 3.46. The third-order valence-corrected chi connectivity index (χ3v) is 4.62. The fraction of sp³-hybridized carbons (Fsp3) is 0.625. The molecule has 0 aliphatic heterocycles. The predicted molar refractivity (Wildman–Crippen MR) is 86.7 cm³/mol. The topological polar surface area (TPSA) is 29.3 Å². The van der Waals surface area contributed by atoms with E-state index >= 15 is 0 Å². The number of hydrogen-bond acceptors (Lipinski definition) is 2. The highest BCUT2D eigenvalue weighted by atomic mass is 79.9. The maximum absolute atomic E-state index is 5.72. The van der Waals surface area contributed by atoms with Crippen molar-refractivity contribution in [3.63, 3.8) is 0 Å². The van der Waals surface area contributed by atoms with Gasteiger partial charge in [0.2, 0.25) is 0 Å². The second-order valence-electron chi connectivity index (χ2n) is 5.70. The van der Waals surface area contributed by atoms with Crippen molar-refractivity contribution in [1.82, 2.24) is 0 Å². The average Bonchev–Trinajstić information content (AvgIpc) is 2.42. The first kappa shape index (κ1) is 14.9. The number of nitrogens with two attached hydrogens (primary N) is 1. The van der Waals surface area contributed by atoms with Crippen molar-refractivity contribution >= 4 is 21.6 Å². The van der Waals surface area contributed by atoms with Crippen LogP contribution in [0.4, 0.5) is 5.69 Å². The summed E-state index contributed by atoms with van der Waals surface area (Å²) < 4.78 is 1.15. The number of rotatable bonds is 5. The molecule has 1 aromatic rings. The van der Waals surface area contributed by atoms with E-state index in [2.05, 4.69) is 46.1 Å². The molecule has 0 amide bonds. The summed E-state index contributed by atoms with van der Waals surface area (Å²) in [6, 6.07) is 6.54. The van der Waals surface area contributed by atoms with Crippen LogP contribution in [0, 0.1) is 5.92 Å². The molecule has 0 radical (unpaired) electrons. The van der Waals surface area contributed by atoms with Gasteiger partial charge in [0, 0.05) is 23.8 Å². The normalized spacial score (nSPS) is 16.6. The Balaban J connectivity index is 2.07. The van der Waals surface area contributed by atoms with E-state index in [1.807, 2.05) is 0 Å². The molecular formula is C16H25BrN2. The maximum Gasteiger partial charge on any atom is 0.0408 e. The Morgan fingerprint density at radius 2 is 2.00 bits per heavy atom. The number of hydrogen-bond donors (Lipinski definition) is 1. The van der Waals surface area contributed by atoms with Gasteiger partial charge in [-0.1, -0.05) is 41.3 Å². The standard InChI is InChI=1S/C16H25BrN2/c1-19(12-13-5-3-2-4-6-13)16-11-15(17)8-7-14(16)9-10-18/h7-8,11,13H,2-6,9-10,12,18H2,1H3. The van der Waals surface area contributed by atoms with Crippen LogP contribution in [0.1, 0.15) is 37.7 Å². The number of nitrogens with zero attached hydrogens (tertiary/aromatic N) is 1. The van der Waals surface area contributed by atoms with Crippen molar-refractivity contribution in [2.24, 2.45) is 11.7 Å². The predicted octanol–water partition coefficient (Wildman–Crippen LogP) is 3.97. The van der Waals surface area contributed by atoms with E-state index in [4.69, 9.17) is 5.73 Å². The lowest BCUT2D eigenvalue weighted by Crippen LogP contribution is -2.27. The summed E-state index contributed by atoms with van der Waals surface area (Å²) in [7, 11) is 2.22. The minimum atomic E-state index is 0.714. The molecule has 0 aromatic heterocycles. The van der Waals surface area contributed by atoms with Crippen LogP contribution in [0.5, 0.6) is 0 Å². The van der Waals surface area contributed by atoms with Crippen molar-refractivity contribution in [2.75, 3.05) is 25.0 Å². The second-order valence-corrected chi connectivity index (χ2v) is 6.61. The summed E-state index contributed by atoms with van der Waals surface area (Å²) in [6.07, 6.45) is 7.99. The van der Waals surface area contributed by atoms with Gasteiger partial charge in [0.1, 0.15) is 0 Å². The zero-order valence-corrected chi connectivity index (χ0v) is 13.5. The van der Waals surface area contributed by atoms with E-state index in [9.17, 15) is 0 Å². The van der Waals surface area contributed by atoms with Crippen LogP contribution in [0.25, 0.3) is 0 Å². The maximum atomic E-state index is 5.72. The summed E-state index contributed by atoms with van der Waals surface area (Å²) in [6.45, 7) is 1.89. The van der Waals surface area contributed by atoms with Gasteiger partial charge in [0.25, 0.3) is 0 Å². The first-order valence-corrected chi connectivity index (χ1v) is 8.19. The molecule has 2 nitrogen and oxygen atoms in total. The highest BCUT2D eigenvalue weighted by Crippen LogP contribution is 2.29. The van der Waals surface area contributed by atoms with E-state index in [0.29, 0.717) is 6.54 Å². The van der Waals surface area contributed by atoms with Gasteiger partial charge in [-0.2, -0.15) is 0 Å². The van der Waals surface area contributed by atoms with Gasteiger partial charge in [-0.05, 0) is 49.4 Å². The highest BCUT2D eigenvalue weighted by Gasteiger charge is 2.17. The molecule has 0 saturated heterocycles. The number of halogens is 1. The quantitative estimate of drug-likeness (QED) is 0.888. The van der Waals surface area contributed by atoms with Gasteiger partial charge in [0.15, 0.2) is 0 Å². The zero-order chi connectivity index (χ0) is 13.7. The molecule has 0 unspecified atom stereocenters. The Labute approximate surface area is 125 Å². The molecule has 0 heterocycles. The van der Waals surface area contributed by atoms with Crippen LogP contribution >= 0.6 is 15.9 Å². The first-order chi connectivity index (χ1) is 9.20. The minimum absolute atomic E-state index is 0.714. The van der Waals surface area contributed by atoms with Gasteiger partial charge in [-0.3, -0.25) is 0 Å². The van der Waals surface area contributed by atoms with Crippen molar-refractivity contribution in [2.45, 2.75) is 38.5 Å². The van der Waals surface area contributed by atoms with Crippen LogP contribution in [0.15, 0.2) is 22.7 Å². The molecular weight excluding hydrogens is 300 g/mol. The Bertz CT molecular complexity index is 400. The van der Waals surface area contributed by atoms with E-state index in [1.54, 1.807) is 0 Å². The van der Waals surface area contributed by atoms with Gasteiger partial charge < -0.3 is 10.6 Å². The molecule has 1 aliphatic carbocycles. The lowest BCUT2D eigenvalue weighted by Gasteiger charge is -2.30.